The fourth-order valence-electron chi connectivity index (χ4n) is 3.51. The van der Waals surface area contributed by atoms with Gasteiger partial charge in [-0.05, 0) is 36.2 Å². The Morgan fingerprint density at radius 1 is 1.09 bits per heavy atom. The van der Waals surface area contributed by atoms with E-state index >= 15 is 0 Å². The van der Waals surface area contributed by atoms with Crippen molar-refractivity contribution in [2.24, 2.45) is 7.05 Å². The van der Waals surface area contributed by atoms with Crippen LogP contribution in [0.2, 0.25) is 0 Å². The zero-order valence-electron chi connectivity index (χ0n) is 18.6. The zero-order valence-corrected chi connectivity index (χ0v) is 20.2. The molecule has 4 aromatic rings. The van der Waals surface area contributed by atoms with Gasteiger partial charge in [-0.3, -0.25) is 18.7 Å². The predicted molar refractivity (Wildman–Crippen MR) is 131 cm³/mol. The van der Waals surface area contributed by atoms with Gasteiger partial charge in [-0.15, -0.1) is 0 Å². The fraction of sp³-hybridized carbons (Fsp3) is 0.208. The van der Waals surface area contributed by atoms with Crippen molar-refractivity contribution in [1.82, 2.24) is 24.4 Å². The van der Waals surface area contributed by atoms with E-state index in [9.17, 15) is 14.4 Å². The topological polar surface area (TPSA) is 108 Å². The standard InChI is InChI=1S/C24H22BrN5O4/c1-3-34-21-8-7-16(11-27-21)12-28-22(31)19-10-18-20(13-26-19)29(2)24(33)30(23(18)32)14-15-5-4-6-17(25)9-15/h4-11,13H,3,12,14H2,1-2H3,(H,28,31). The van der Waals surface area contributed by atoms with Crippen molar-refractivity contribution in [1.29, 1.82) is 0 Å². The highest BCUT2D eigenvalue weighted by Crippen LogP contribution is 2.13. The summed E-state index contributed by atoms with van der Waals surface area (Å²) in [6.45, 7) is 2.74. The third kappa shape index (κ3) is 4.91. The smallest absolute Gasteiger partial charge is 0.331 e. The number of carbonyl (C=O) groups is 1. The van der Waals surface area contributed by atoms with Crippen molar-refractivity contribution in [2.75, 3.05) is 6.61 Å². The molecule has 0 spiro atoms. The Labute approximate surface area is 203 Å². The number of rotatable bonds is 7. The second kappa shape index (κ2) is 10.0. The molecule has 0 aliphatic heterocycles. The first-order valence-electron chi connectivity index (χ1n) is 10.6. The van der Waals surface area contributed by atoms with Crippen LogP contribution in [0.25, 0.3) is 10.9 Å². The van der Waals surface area contributed by atoms with Crippen LogP contribution in [0.5, 0.6) is 5.88 Å². The monoisotopic (exact) mass is 523 g/mol. The van der Waals surface area contributed by atoms with Crippen LogP contribution in [0, 0.1) is 0 Å². The number of nitrogens with one attached hydrogen (secondary N) is 1. The minimum absolute atomic E-state index is 0.0798. The Kier molecular flexibility index (Phi) is 6.87. The number of fused-ring (bicyclic) bond motifs is 1. The summed E-state index contributed by atoms with van der Waals surface area (Å²) in [6, 6.07) is 12.3. The molecule has 9 nitrogen and oxygen atoms in total. The molecule has 0 unspecified atom stereocenters. The second-order valence-corrected chi connectivity index (χ2v) is 8.49. The molecule has 0 radical (unpaired) electrons. The van der Waals surface area contributed by atoms with Crippen LogP contribution in [0.4, 0.5) is 0 Å². The van der Waals surface area contributed by atoms with Gasteiger partial charge in [-0.2, -0.15) is 0 Å². The van der Waals surface area contributed by atoms with Gasteiger partial charge in [0.2, 0.25) is 5.88 Å². The summed E-state index contributed by atoms with van der Waals surface area (Å²) < 4.78 is 8.67. The van der Waals surface area contributed by atoms with Gasteiger partial charge in [-0.1, -0.05) is 34.1 Å². The van der Waals surface area contributed by atoms with Gasteiger partial charge in [0.1, 0.15) is 5.69 Å². The number of ether oxygens (including phenoxy) is 1. The molecule has 0 aliphatic rings. The molecule has 0 saturated heterocycles. The van der Waals surface area contributed by atoms with E-state index in [0.717, 1.165) is 20.2 Å². The molecule has 0 atom stereocenters. The van der Waals surface area contributed by atoms with Crippen LogP contribution in [0.3, 0.4) is 0 Å². The summed E-state index contributed by atoms with van der Waals surface area (Å²) in [5.41, 5.74) is 1.08. The molecule has 1 aromatic carbocycles. The Balaban J connectivity index is 1.61. The first-order valence-corrected chi connectivity index (χ1v) is 11.4. The summed E-state index contributed by atoms with van der Waals surface area (Å²) in [4.78, 5) is 47.1. The SMILES string of the molecule is CCOc1ccc(CNC(=O)c2cc3c(=O)n(Cc4cccc(Br)c4)c(=O)n(C)c3cn2)cn1. The Hall–Kier alpha value is -3.79. The van der Waals surface area contributed by atoms with E-state index in [1.165, 1.54) is 16.8 Å². The first kappa shape index (κ1) is 23.4. The zero-order chi connectivity index (χ0) is 24.2. The number of pyridine rings is 2. The normalized spacial score (nSPS) is 10.9. The maximum absolute atomic E-state index is 13.2. The lowest BCUT2D eigenvalue weighted by atomic mass is 10.2. The van der Waals surface area contributed by atoms with Gasteiger partial charge in [0.15, 0.2) is 0 Å². The number of halogens is 1. The highest BCUT2D eigenvalue weighted by Gasteiger charge is 2.15. The van der Waals surface area contributed by atoms with E-state index in [4.69, 9.17) is 4.74 Å². The highest BCUT2D eigenvalue weighted by molar-refractivity contribution is 9.10. The van der Waals surface area contributed by atoms with Crippen LogP contribution in [0.15, 0.2) is 68.9 Å². The molecule has 34 heavy (non-hydrogen) atoms. The van der Waals surface area contributed by atoms with Crippen molar-refractivity contribution in [3.8, 4) is 5.88 Å². The minimum Gasteiger partial charge on any atom is -0.478 e. The lowest BCUT2D eigenvalue weighted by Gasteiger charge is -2.12. The quantitative estimate of drug-likeness (QED) is 0.398. The first-order chi connectivity index (χ1) is 16.4. The Morgan fingerprint density at radius 2 is 1.91 bits per heavy atom. The van der Waals surface area contributed by atoms with Crippen molar-refractivity contribution < 1.29 is 9.53 Å². The van der Waals surface area contributed by atoms with E-state index < -0.39 is 17.2 Å². The third-order valence-corrected chi connectivity index (χ3v) is 5.74. The van der Waals surface area contributed by atoms with Crippen LogP contribution < -0.4 is 21.3 Å². The third-order valence-electron chi connectivity index (χ3n) is 5.24. The molecule has 10 heteroatoms. The number of aromatic nitrogens is 4. The van der Waals surface area contributed by atoms with Crippen molar-refractivity contribution in [3.05, 3.63) is 97.0 Å². The van der Waals surface area contributed by atoms with Gasteiger partial charge >= 0.3 is 5.69 Å². The average molecular weight is 524 g/mol. The van der Waals surface area contributed by atoms with Crippen molar-refractivity contribution >= 4 is 32.7 Å². The Bertz CT molecular complexity index is 1480. The summed E-state index contributed by atoms with van der Waals surface area (Å²) in [5, 5.41) is 3.01. The number of carbonyl (C=O) groups excluding carboxylic acids is 1. The van der Waals surface area contributed by atoms with Gasteiger partial charge in [0.05, 0.1) is 30.3 Å². The van der Waals surface area contributed by atoms with Crippen LogP contribution in [-0.4, -0.2) is 31.6 Å². The summed E-state index contributed by atoms with van der Waals surface area (Å²) in [5.74, 6) is 0.0705. The molecule has 4 rings (SSSR count). The van der Waals surface area contributed by atoms with Gasteiger partial charge < -0.3 is 10.1 Å². The molecule has 0 bridgehead atoms. The predicted octanol–water partition coefficient (Wildman–Crippen LogP) is 2.63. The van der Waals surface area contributed by atoms with E-state index in [0.29, 0.717) is 18.0 Å². The molecular formula is C24H22BrN5O4. The van der Waals surface area contributed by atoms with Gasteiger partial charge in [0.25, 0.3) is 11.5 Å². The van der Waals surface area contributed by atoms with Crippen LogP contribution in [0.1, 0.15) is 28.5 Å². The molecule has 3 heterocycles. The molecule has 1 amide bonds. The Morgan fingerprint density at radius 3 is 2.62 bits per heavy atom. The number of nitrogens with zero attached hydrogens (tertiary/aromatic N) is 4. The lowest BCUT2D eigenvalue weighted by molar-refractivity contribution is 0.0946. The molecule has 1 N–H and O–H groups in total. The van der Waals surface area contributed by atoms with E-state index in [1.54, 1.807) is 19.3 Å². The molecule has 174 valence electrons. The van der Waals surface area contributed by atoms with E-state index in [2.05, 4.69) is 31.2 Å². The number of benzene rings is 1. The molecule has 3 aromatic heterocycles. The van der Waals surface area contributed by atoms with Crippen LogP contribution >= 0.6 is 15.9 Å². The average Bonchev–Trinajstić information content (AvgIpc) is 2.84. The van der Waals surface area contributed by atoms with Crippen molar-refractivity contribution in [3.63, 3.8) is 0 Å². The number of amides is 1. The number of hydrogen-bond donors (Lipinski definition) is 1. The summed E-state index contributed by atoms with van der Waals surface area (Å²) in [7, 11) is 1.57. The largest absolute Gasteiger partial charge is 0.478 e. The number of hydrogen-bond acceptors (Lipinski definition) is 6. The molecule has 0 fully saturated rings. The van der Waals surface area contributed by atoms with Crippen LogP contribution in [-0.2, 0) is 20.1 Å². The second-order valence-electron chi connectivity index (χ2n) is 7.57. The maximum atomic E-state index is 13.2. The molecule has 0 saturated carbocycles. The number of aryl methyl sites for hydroxylation is 1. The summed E-state index contributed by atoms with van der Waals surface area (Å²) >= 11 is 3.40. The minimum atomic E-state index is -0.481. The highest BCUT2D eigenvalue weighted by atomic mass is 79.9. The van der Waals surface area contributed by atoms with E-state index in [1.807, 2.05) is 37.3 Å². The maximum Gasteiger partial charge on any atom is 0.331 e. The van der Waals surface area contributed by atoms with Gasteiger partial charge in [0, 0.05) is 30.3 Å². The van der Waals surface area contributed by atoms with E-state index in [-0.39, 0.29) is 24.2 Å². The van der Waals surface area contributed by atoms with Crippen molar-refractivity contribution in [2.45, 2.75) is 20.0 Å². The fourth-order valence-corrected chi connectivity index (χ4v) is 3.95. The summed E-state index contributed by atoms with van der Waals surface area (Å²) in [6.07, 6.45) is 2.99. The van der Waals surface area contributed by atoms with Gasteiger partial charge in [-0.25, -0.2) is 14.8 Å². The lowest BCUT2D eigenvalue weighted by Crippen LogP contribution is -2.39. The molecule has 0 aliphatic carbocycles. The molecular weight excluding hydrogens is 502 g/mol.